The van der Waals surface area contributed by atoms with Crippen LogP contribution in [0.3, 0.4) is 0 Å². The normalized spacial score (nSPS) is 20.8. The maximum absolute atomic E-state index is 11.8. The van der Waals surface area contributed by atoms with E-state index < -0.39 is 0 Å². The molecule has 4 heteroatoms. The van der Waals surface area contributed by atoms with Gasteiger partial charge in [-0.2, -0.15) is 0 Å². The molecule has 2 unspecified atom stereocenters. The molecule has 2 N–H and O–H groups in total. The third kappa shape index (κ3) is 2.71. The summed E-state index contributed by atoms with van der Waals surface area (Å²) < 4.78 is 0. The van der Waals surface area contributed by atoms with Crippen molar-refractivity contribution in [1.82, 2.24) is 9.80 Å². The van der Waals surface area contributed by atoms with Crippen LogP contribution in [0.4, 0.5) is 0 Å². The van der Waals surface area contributed by atoms with Crippen LogP contribution in [0.15, 0.2) is 30.3 Å². The Morgan fingerprint density at radius 3 is 2.44 bits per heavy atom. The first-order chi connectivity index (χ1) is 8.59. The van der Waals surface area contributed by atoms with E-state index in [2.05, 4.69) is 17.0 Å². The highest BCUT2D eigenvalue weighted by molar-refractivity contribution is 5.78. The number of piperazine rings is 1. The second-order valence-electron chi connectivity index (χ2n) is 5.00. The Labute approximate surface area is 108 Å². The van der Waals surface area contributed by atoms with Gasteiger partial charge >= 0.3 is 0 Å². The van der Waals surface area contributed by atoms with E-state index in [4.69, 9.17) is 5.73 Å². The fourth-order valence-electron chi connectivity index (χ4n) is 2.51. The third-order valence-corrected chi connectivity index (χ3v) is 3.52. The van der Waals surface area contributed by atoms with E-state index in [-0.39, 0.29) is 18.0 Å². The lowest BCUT2D eigenvalue weighted by Crippen LogP contribution is -2.52. The van der Waals surface area contributed by atoms with Crippen molar-refractivity contribution in [3.05, 3.63) is 35.9 Å². The summed E-state index contributed by atoms with van der Waals surface area (Å²) in [7, 11) is 1.85. The summed E-state index contributed by atoms with van der Waals surface area (Å²) in [5, 5.41) is 0. The van der Waals surface area contributed by atoms with E-state index in [1.54, 1.807) is 4.90 Å². The molecule has 1 aliphatic heterocycles. The molecule has 1 heterocycles. The van der Waals surface area contributed by atoms with Crippen LogP contribution in [0.1, 0.15) is 18.5 Å². The van der Waals surface area contributed by atoms with Crippen molar-refractivity contribution in [2.75, 3.05) is 26.7 Å². The lowest BCUT2D eigenvalue weighted by molar-refractivity contribution is -0.135. The minimum Gasteiger partial charge on any atom is -0.343 e. The first-order valence-corrected chi connectivity index (χ1v) is 6.38. The molecular weight excluding hydrogens is 226 g/mol. The first kappa shape index (κ1) is 13.1. The van der Waals surface area contributed by atoms with E-state index in [1.165, 1.54) is 5.56 Å². The minimum absolute atomic E-state index is 0.00334. The molecule has 4 nitrogen and oxygen atoms in total. The number of carbonyl (C=O) groups is 1. The highest BCUT2D eigenvalue weighted by Crippen LogP contribution is 2.24. The Morgan fingerprint density at radius 2 is 1.89 bits per heavy atom. The Kier molecular flexibility index (Phi) is 3.99. The number of hydrogen-bond acceptors (Lipinski definition) is 3. The van der Waals surface area contributed by atoms with Crippen molar-refractivity contribution >= 4 is 5.91 Å². The second-order valence-corrected chi connectivity index (χ2v) is 5.00. The molecule has 0 radical (unpaired) electrons. The zero-order chi connectivity index (χ0) is 13.1. The number of rotatable bonds is 3. The number of carbonyl (C=O) groups excluding carboxylic acids is 1. The Morgan fingerprint density at radius 1 is 1.22 bits per heavy atom. The van der Waals surface area contributed by atoms with Crippen molar-refractivity contribution in [3.8, 4) is 0 Å². The van der Waals surface area contributed by atoms with E-state index >= 15 is 0 Å². The van der Waals surface area contributed by atoms with E-state index in [1.807, 2.05) is 32.2 Å². The Balaban J connectivity index is 2.19. The molecule has 18 heavy (non-hydrogen) atoms. The van der Waals surface area contributed by atoms with Crippen molar-refractivity contribution in [1.29, 1.82) is 0 Å². The molecule has 1 fully saturated rings. The number of nitrogens with zero attached hydrogens (tertiary/aromatic N) is 2. The largest absolute Gasteiger partial charge is 0.343 e. The molecule has 2 atom stereocenters. The number of hydrogen-bond donors (Lipinski definition) is 1. The number of benzene rings is 1. The van der Waals surface area contributed by atoms with Gasteiger partial charge in [-0.25, -0.2) is 0 Å². The molecule has 0 aromatic heterocycles. The molecule has 0 saturated carbocycles. The molecule has 0 spiro atoms. The average Bonchev–Trinajstić information content (AvgIpc) is 2.35. The summed E-state index contributed by atoms with van der Waals surface area (Å²) >= 11 is 0. The van der Waals surface area contributed by atoms with Crippen LogP contribution in [0.2, 0.25) is 0 Å². The van der Waals surface area contributed by atoms with Gasteiger partial charge in [-0.1, -0.05) is 30.3 Å². The van der Waals surface area contributed by atoms with Gasteiger partial charge in [0, 0.05) is 26.2 Å². The van der Waals surface area contributed by atoms with Gasteiger partial charge in [0.15, 0.2) is 0 Å². The zero-order valence-electron chi connectivity index (χ0n) is 11.0. The van der Waals surface area contributed by atoms with Gasteiger partial charge in [0.05, 0.1) is 12.6 Å². The predicted molar refractivity (Wildman–Crippen MR) is 72.0 cm³/mol. The molecule has 1 aromatic rings. The maximum atomic E-state index is 11.8. The SMILES string of the molecule is CC(N)C(c1ccccc1)N1CCN(C)C(=O)C1. The van der Waals surface area contributed by atoms with Gasteiger partial charge in [-0.3, -0.25) is 9.69 Å². The van der Waals surface area contributed by atoms with Crippen molar-refractivity contribution in [2.45, 2.75) is 19.0 Å². The van der Waals surface area contributed by atoms with Gasteiger partial charge in [-0.05, 0) is 12.5 Å². The average molecular weight is 247 g/mol. The summed E-state index contributed by atoms with van der Waals surface area (Å²) in [5.74, 6) is 0.169. The van der Waals surface area contributed by atoms with Crippen molar-refractivity contribution in [2.24, 2.45) is 5.73 Å². The number of likely N-dealkylation sites (N-methyl/N-ethyl adjacent to an activating group) is 1. The smallest absolute Gasteiger partial charge is 0.236 e. The minimum atomic E-state index is 0.00334. The number of nitrogens with two attached hydrogens (primary N) is 1. The van der Waals surface area contributed by atoms with Gasteiger partial charge in [0.1, 0.15) is 0 Å². The molecule has 0 aliphatic carbocycles. The molecular formula is C14H21N3O. The monoisotopic (exact) mass is 247 g/mol. The van der Waals surface area contributed by atoms with E-state index in [9.17, 15) is 4.79 Å². The van der Waals surface area contributed by atoms with Crippen LogP contribution in [0.25, 0.3) is 0 Å². The fourth-order valence-corrected chi connectivity index (χ4v) is 2.51. The molecule has 1 amide bonds. The van der Waals surface area contributed by atoms with Crippen LogP contribution >= 0.6 is 0 Å². The summed E-state index contributed by atoms with van der Waals surface area (Å²) in [4.78, 5) is 15.8. The van der Waals surface area contributed by atoms with Crippen molar-refractivity contribution < 1.29 is 4.79 Å². The Hall–Kier alpha value is -1.39. The third-order valence-electron chi connectivity index (χ3n) is 3.52. The Bertz CT molecular complexity index is 405. The topological polar surface area (TPSA) is 49.6 Å². The molecule has 0 bridgehead atoms. The van der Waals surface area contributed by atoms with E-state index in [0.29, 0.717) is 6.54 Å². The molecule has 98 valence electrons. The van der Waals surface area contributed by atoms with Gasteiger partial charge in [0.25, 0.3) is 0 Å². The van der Waals surface area contributed by atoms with Crippen LogP contribution in [0, 0.1) is 0 Å². The highest BCUT2D eigenvalue weighted by Gasteiger charge is 2.29. The lowest BCUT2D eigenvalue weighted by Gasteiger charge is -2.39. The summed E-state index contributed by atoms with van der Waals surface area (Å²) in [6.45, 7) is 4.11. The van der Waals surface area contributed by atoms with E-state index in [0.717, 1.165) is 13.1 Å². The van der Waals surface area contributed by atoms with Gasteiger partial charge in [-0.15, -0.1) is 0 Å². The first-order valence-electron chi connectivity index (χ1n) is 6.38. The second kappa shape index (κ2) is 5.50. The standard InChI is InChI=1S/C14H21N3O/c1-11(15)14(12-6-4-3-5-7-12)17-9-8-16(2)13(18)10-17/h3-7,11,14H,8-10,15H2,1-2H3. The fraction of sp³-hybridized carbons (Fsp3) is 0.500. The van der Waals surface area contributed by atoms with Gasteiger partial charge < -0.3 is 10.6 Å². The quantitative estimate of drug-likeness (QED) is 0.861. The van der Waals surface area contributed by atoms with Crippen LogP contribution in [-0.4, -0.2) is 48.4 Å². The van der Waals surface area contributed by atoms with Crippen LogP contribution in [-0.2, 0) is 4.79 Å². The molecule has 1 saturated heterocycles. The van der Waals surface area contributed by atoms with Gasteiger partial charge in [0.2, 0.25) is 5.91 Å². The zero-order valence-corrected chi connectivity index (χ0v) is 11.0. The molecule has 1 aliphatic rings. The predicted octanol–water partition coefficient (Wildman–Crippen LogP) is 0.849. The van der Waals surface area contributed by atoms with Crippen LogP contribution in [0.5, 0.6) is 0 Å². The van der Waals surface area contributed by atoms with Crippen molar-refractivity contribution in [3.63, 3.8) is 0 Å². The summed E-state index contributed by atoms with van der Waals surface area (Å²) in [6.07, 6.45) is 0. The lowest BCUT2D eigenvalue weighted by atomic mass is 9.98. The molecule has 1 aromatic carbocycles. The summed E-state index contributed by atoms with van der Waals surface area (Å²) in [6, 6.07) is 10.3. The molecule has 2 rings (SSSR count). The highest BCUT2D eigenvalue weighted by atomic mass is 16.2. The number of amides is 1. The maximum Gasteiger partial charge on any atom is 0.236 e. The summed E-state index contributed by atoms with van der Waals surface area (Å²) in [5.41, 5.74) is 7.30. The van der Waals surface area contributed by atoms with Crippen LogP contribution < -0.4 is 5.73 Å².